The molecule has 0 radical (unpaired) electrons. The number of rotatable bonds is 2. The number of hydrogen-bond acceptors (Lipinski definition) is 4. The summed E-state index contributed by atoms with van der Waals surface area (Å²) >= 11 is 0. The number of fused-ring (bicyclic) bond motifs is 1. The number of nitrogens with zero attached hydrogens (tertiary/aromatic N) is 3. The molecule has 2 atom stereocenters. The molecule has 1 aromatic heterocycles. The van der Waals surface area contributed by atoms with Gasteiger partial charge in [-0.15, -0.1) is 0 Å². The van der Waals surface area contributed by atoms with E-state index >= 15 is 0 Å². The van der Waals surface area contributed by atoms with Crippen molar-refractivity contribution < 1.29 is 9.53 Å². The SMILES string of the molecule is CCc1cccnc1C(=O)N1CCO[C@H]2CCN(C)C[C@H]21. The van der Waals surface area contributed by atoms with E-state index in [0.29, 0.717) is 18.8 Å². The van der Waals surface area contributed by atoms with Crippen molar-refractivity contribution >= 4 is 5.91 Å². The maximum atomic E-state index is 12.9. The second-order valence-corrected chi connectivity index (χ2v) is 5.89. The number of likely N-dealkylation sites (N-methyl/N-ethyl adjacent to an activating group) is 1. The summed E-state index contributed by atoms with van der Waals surface area (Å²) in [7, 11) is 2.10. The van der Waals surface area contributed by atoms with E-state index in [0.717, 1.165) is 31.5 Å². The molecule has 0 spiro atoms. The number of piperidine rings is 1. The van der Waals surface area contributed by atoms with Crippen LogP contribution < -0.4 is 0 Å². The number of ether oxygens (including phenoxy) is 1. The molecule has 3 heterocycles. The zero-order valence-electron chi connectivity index (χ0n) is 12.8. The monoisotopic (exact) mass is 289 g/mol. The fraction of sp³-hybridized carbons (Fsp3) is 0.625. The molecule has 1 aromatic rings. The maximum absolute atomic E-state index is 12.9. The van der Waals surface area contributed by atoms with Crippen LogP contribution in [0.5, 0.6) is 0 Å². The molecule has 0 unspecified atom stereocenters. The van der Waals surface area contributed by atoms with Crippen LogP contribution in [0.4, 0.5) is 0 Å². The highest BCUT2D eigenvalue weighted by Gasteiger charge is 2.39. The second-order valence-electron chi connectivity index (χ2n) is 5.89. The molecule has 2 aliphatic heterocycles. The van der Waals surface area contributed by atoms with E-state index in [1.807, 2.05) is 17.0 Å². The van der Waals surface area contributed by atoms with Gasteiger partial charge in [-0.05, 0) is 31.5 Å². The zero-order valence-corrected chi connectivity index (χ0v) is 12.8. The van der Waals surface area contributed by atoms with Gasteiger partial charge in [0.1, 0.15) is 5.69 Å². The van der Waals surface area contributed by atoms with Gasteiger partial charge in [-0.2, -0.15) is 0 Å². The van der Waals surface area contributed by atoms with Crippen molar-refractivity contribution in [1.82, 2.24) is 14.8 Å². The number of likely N-dealkylation sites (tertiary alicyclic amines) is 1. The number of morpholine rings is 1. The molecule has 2 fully saturated rings. The zero-order chi connectivity index (χ0) is 14.8. The van der Waals surface area contributed by atoms with Crippen molar-refractivity contribution in [3.8, 4) is 0 Å². The van der Waals surface area contributed by atoms with Crippen molar-refractivity contribution in [3.05, 3.63) is 29.6 Å². The van der Waals surface area contributed by atoms with Gasteiger partial charge in [0.05, 0.1) is 18.8 Å². The summed E-state index contributed by atoms with van der Waals surface area (Å²) in [5.41, 5.74) is 1.63. The van der Waals surface area contributed by atoms with Crippen LogP contribution in [-0.2, 0) is 11.2 Å². The minimum absolute atomic E-state index is 0.0565. The summed E-state index contributed by atoms with van der Waals surface area (Å²) in [6.07, 6.45) is 3.70. The largest absolute Gasteiger partial charge is 0.374 e. The van der Waals surface area contributed by atoms with E-state index in [1.165, 1.54) is 0 Å². The highest BCUT2D eigenvalue weighted by Crippen LogP contribution is 2.24. The standard InChI is InChI=1S/C16H23N3O2/c1-3-12-5-4-7-17-15(12)16(20)19-9-10-21-14-6-8-18(2)11-13(14)19/h4-5,7,13-14H,3,6,8-11H2,1-2H3/t13-,14+/m1/s1. The van der Waals surface area contributed by atoms with E-state index in [4.69, 9.17) is 4.74 Å². The lowest BCUT2D eigenvalue weighted by Gasteiger charge is -2.46. The number of carbonyl (C=O) groups excluding carboxylic acids is 1. The number of aromatic nitrogens is 1. The lowest BCUT2D eigenvalue weighted by atomic mass is 9.98. The molecular weight excluding hydrogens is 266 g/mol. The van der Waals surface area contributed by atoms with E-state index in [1.54, 1.807) is 6.20 Å². The average Bonchev–Trinajstić information content (AvgIpc) is 2.53. The highest BCUT2D eigenvalue weighted by molar-refractivity contribution is 5.94. The fourth-order valence-corrected chi connectivity index (χ4v) is 3.33. The molecule has 1 amide bonds. The Balaban J connectivity index is 1.85. The minimum Gasteiger partial charge on any atom is -0.374 e. The van der Waals surface area contributed by atoms with Gasteiger partial charge in [-0.1, -0.05) is 13.0 Å². The van der Waals surface area contributed by atoms with Crippen LogP contribution in [0, 0.1) is 0 Å². The third kappa shape index (κ3) is 2.80. The third-order valence-corrected chi connectivity index (χ3v) is 4.52. The Labute approximate surface area is 125 Å². The molecule has 0 bridgehead atoms. The van der Waals surface area contributed by atoms with Crippen molar-refractivity contribution in [2.75, 3.05) is 33.3 Å². The molecule has 2 saturated heterocycles. The Kier molecular flexibility index (Phi) is 4.22. The van der Waals surface area contributed by atoms with Gasteiger partial charge in [0.2, 0.25) is 0 Å². The Bertz CT molecular complexity index is 520. The van der Waals surface area contributed by atoms with Crippen molar-refractivity contribution in [3.63, 3.8) is 0 Å². The van der Waals surface area contributed by atoms with Gasteiger partial charge < -0.3 is 14.5 Å². The smallest absolute Gasteiger partial charge is 0.273 e. The van der Waals surface area contributed by atoms with Crippen LogP contribution in [-0.4, -0.2) is 66.1 Å². The summed E-state index contributed by atoms with van der Waals surface area (Å²) in [4.78, 5) is 21.5. The lowest BCUT2D eigenvalue weighted by molar-refractivity contribution is -0.0871. The fourth-order valence-electron chi connectivity index (χ4n) is 3.33. The molecule has 5 heteroatoms. The van der Waals surface area contributed by atoms with E-state index in [-0.39, 0.29) is 18.1 Å². The lowest BCUT2D eigenvalue weighted by Crippen LogP contribution is -2.60. The first-order valence-electron chi connectivity index (χ1n) is 7.75. The predicted octanol–water partition coefficient (Wildman–Crippen LogP) is 1.19. The van der Waals surface area contributed by atoms with Gasteiger partial charge in [0.25, 0.3) is 5.91 Å². The number of carbonyl (C=O) groups is 1. The van der Waals surface area contributed by atoms with Crippen LogP contribution in [0.3, 0.4) is 0 Å². The van der Waals surface area contributed by atoms with Gasteiger partial charge in [0, 0.05) is 25.8 Å². The molecule has 114 valence electrons. The van der Waals surface area contributed by atoms with E-state index in [9.17, 15) is 4.79 Å². The molecule has 0 N–H and O–H groups in total. The van der Waals surface area contributed by atoms with Crippen LogP contribution in [0.1, 0.15) is 29.4 Å². The third-order valence-electron chi connectivity index (χ3n) is 4.52. The highest BCUT2D eigenvalue weighted by atomic mass is 16.5. The summed E-state index contributed by atoms with van der Waals surface area (Å²) < 4.78 is 5.86. The van der Waals surface area contributed by atoms with Crippen LogP contribution in [0.15, 0.2) is 18.3 Å². The summed E-state index contributed by atoms with van der Waals surface area (Å²) in [6.45, 7) is 5.26. The molecule has 0 aliphatic carbocycles. The number of amides is 1. The normalized spacial score (nSPS) is 26.5. The average molecular weight is 289 g/mol. The van der Waals surface area contributed by atoms with Gasteiger partial charge in [-0.25, -0.2) is 0 Å². The Morgan fingerprint density at radius 2 is 2.33 bits per heavy atom. The van der Waals surface area contributed by atoms with E-state index in [2.05, 4.69) is 23.9 Å². The number of aryl methyl sites for hydroxylation is 1. The molecule has 0 saturated carbocycles. The quantitative estimate of drug-likeness (QED) is 0.820. The molecule has 0 aromatic carbocycles. The van der Waals surface area contributed by atoms with Crippen LogP contribution in [0.2, 0.25) is 0 Å². The predicted molar refractivity (Wildman–Crippen MR) is 80.3 cm³/mol. The molecule has 2 aliphatic rings. The van der Waals surface area contributed by atoms with Crippen molar-refractivity contribution in [1.29, 1.82) is 0 Å². The summed E-state index contributed by atoms with van der Waals surface area (Å²) in [6, 6.07) is 4.04. The first-order chi connectivity index (χ1) is 10.2. The van der Waals surface area contributed by atoms with Crippen molar-refractivity contribution in [2.24, 2.45) is 0 Å². The van der Waals surface area contributed by atoms with E-state index < -0.39 is 0 Å². The molecule has 3 rings (SSSR count). The van der Waals surface area contributed by atoms with Crippen LogP contribution in [0.25, 0.3) is 0 Å². The van der Waals surface area contributed by atoms with Gasteiger partial charge in [-0.3, -0.25) is 9.78 Å². The first-order valence-corrected chi connectivity index (χ1v) is 7.75. The minimum atomic E-state index is 0.0565. The molecule has 21 heavy (non-hydrogen) atoms. The number of hydrogen-bond donors (Lipinski definition) is 0. The molecular formula is C16H23N3O2. The maximum Gasteiger partial charge on any atom is 0.273 e. The number of pyridine rings is 1. The summed E-state index contributed by atoms with van der Waals surface area (Å²) in [5, 5.41) is 0. The van der Waals surface area contributed by atoms with Crippen molar-refractivity contribution in [2.45, 2.75) is 31.9 Å². The Hall–Kier alpha value is -1.46. The van der Waals surface area contributed by atoms with Gasteiger partial charge >= 0.3 is 0 Å². The van der Waals surface area contributed by atoms with Gasteiger partial charge in [0.15, 0.2) is 0 Å². The first kappa shape index (κ1) is 14.5. The van der Waals surface area contributed by atoms with Crippen LogP contribution >= 0.6 is 0 Å². The topological polar surface area (TPSA) is 45.7 Å². The molecule has 5 nitrogen and oxygen atoms in total. The Morgan fingerprint density at radius 1 is 1.48 bits per heavy atom. The Morgan fingerprint density at radius 3 is 3.14 bits per heavy atom. The second kappa shape index (κ2) is 6.12. The summed E-state index contributed by atoms with van der Waals surface area (Å²) in [5.74, 6) is 0.0565.